The van der Waals surface area contributed by atoms with Crippen LogP contribution in [-0.2, 0) is 6.54 Å². The number of anilines is 1. The van der Waals surface area contributed by atoms with E-state index in [0.717, 1.165) is 55.3 Å². The van der Waals surface area contributed by atoms with Crippen molar-refractivity contribution in [2.45, 2.75) is 71.2 Å². The van der Waals surface area contributed by atoms with Gasteiger partial charge in [-0.15, -0.1) is 10.2 Å². The van der Waals surface area contributed by atoms with E-state index in [2.05, 4.69) is 81.1 Å². The van der Waals surface area contributed by atoms with E-state index in [-0.39, 0.29) is 0 Å². The van der Waals surface area contributed by atoms with Crippen LogP contribution in [0.15, 0.2) is 41.5 Å². The Balaban J connectivity index is 1.22. The number of hydrazone groups is 1. The summed E-state index contributed by atoms with van der Waals surface area (Å²) in [6.07, 6.45) is 6.47. The monoisotopic (exact) mass is 516 g/mol. The highest BCUT2D eigenvalue weighted by Gasteiger charge is 2.30. The maximum Gasteiger partial charge on any atom is 0.206 e. The van der Waals surface area contributed by atoms with Crippen LogP contribution < -0.4 is 21.2 Å². The first-order valence-electron chi connectivity index (χ1n) is 14.0. The third-order valence-electron chi connectivity index (χ3n) is 8.53. The molecule has 4 N–H and O–H groups in total. The van der Waals surface area contributed by atoms with Crippen LogP contribution in [-0.4, -0.2) is 58.0 Å². The SMILES string of the molecule is Cc1cc2nc(N3CCC(C(O)NC4CCCC4)CC3)n(Cc3ccc(C4=NNN(C)N4)cc3)c2cc1C. The van der Waals surface area contributed by atoms with Crippen molar-refractivity contribution in [2.24, 2.45) is 11.0 Å². The number of fused-ring (bicyclic) bond motifs is 1. The van der Waals surface area contributed by atoms with Gasteiger partial charge in [-0.25, -0.2) is 10.5 Å². The van der Waals surface area contributed by atoms with Gasteiger partial charge in [-0.05, 0) is 68.4 Å². The molecule has 2 aromatic carbocycles. The topological polar surface area (TPSA) is 93.0 Å². The number of piperidine rings is 1. The molecule has 1 unspecified atom stereocenters. The molecule has 1 aromatic heterocycles. The van der Waals surface area contributed by atoms with Gasteiger partial charge in [0.1, 0.15) is 6.23 Å². The summed E-state index contributed by atoms with van der Waals surface area (Å²) in [6, 6.07) is 13.5. The Kier molecular flexibility index (Phi) is 6.99. The fraction of sp³-hybridized carbons (Fsp3) is 0.517. The number of nitrogens with zero attached hydrogens (tertiary/aromatic N) is 5. The van der Waals surface area contributed by atoms with E-state index in [1.807, 2.05) is 7.05 Å². The standard InChI is InChI=1S/C29H40N8O/c1-19-16-25-26(17-20(19)2)37(18-21-8-10-22(11-9-21)27-32-34-35(3)33-27)29(31-25)36-14-12-23(13-15-36)28(38)30-24-6-4-5-7-24/h8-11,16-17,23-24,28,30,34,38H,4-7,12-15,18H2,1-3H3,(H,32,33). The number of hydrogen-bond acceptors (Lipinski definition) is 8. The highest BCUT2D eigenvalue weighted by atomic mass is 16.3. The molecule has 0 amide bonds. The molecule has 1 atom stereocenters. The number of hydrogen-bond donors (Lipinski definition) is 4. The summed E-state index contributed by atoms with van der Waals surface area (Å²) >= 11 is 0. The summed E-state index contributed by atoms with van der Waals surface area (Å²) in [5, 5.41) is 20.4. The second-order valence-corrected chi connectivity index (χ2v) is 11.3. The molecule has 6 rings (SSSR count). The highest BCUT2D eigenvalue weighted by molar-refractivity contribution is 5.98. The van der Waals surface area contributed by atoms with Crippen LogP contribution in [0, 0.1) is 19.8 Å². The lowest BCUT2D eigenvalue weighted by Gasteiger charge is -2.36. The zero-order valence-corrected chi connectivity index (χ0v) is 22.7. The van der Waals surface area contributed by atoms with Gasteiger partial charge in [-0.3, -0.25) is 10.7 Å². The quantitative estimate of drug-likeness (QED) is 0.358. The minimum absolute atomic E-state index is 0.294. The van der Waals surface area contributed by atoms with Crippen LogP contribution in [0.4, 0.5) is 5.95 Å². The van der Waals surface area contributed by atoms with Gasteiger partial charge in [0.05, 0.1) is 17.6 Å². The van der Waals surface area contributed by atoms with E-state index < -0.39 is 6.23 Å². The van der Waals surface area contributed by atoms with Gasteiger partial charge in [0.15, 0.2) is 5.84 Å². The number of imidazole rings is 1. The summed E-state index contributed by atoms with van der Waals surface area (Å²) in [5.41, 5.74) is 13.1. The second-order valence-electron chi connectivity index (χ2n) is 11.3. The largest absolute Gasteiger partial charge is 0.378 e. The van der Waals surface area contributed by atoms with Crippen LogP contribution in [0.5, 0.6) is 0 Å². The summed E-state index contributed by atoms with van der Waals surface area (Å²) in [4.78, 5) is 7.56. The maximum atomic E-state index is 10.9. The van der Waals surface area contributed by atoms with Crippen LogP contribution in [0.3, 0.4) is 0 Å². The normalized spacial score (nSPS) is 20.1. The molecule has 38 heavy (non-hydrogen) atoms. The first-order chi connectivity index (χ1) is 18.4. The number of aromatic nitrogens is 2. The molecule has 2 fully saturated rings. The number of benzene rings is 2. The molecular formula is C29H40N8O. The van der Waals surface area contributed by atoms with Crippen molar-refractivity contribution >= 4 is 22.8 Å². The summed E-state index contributed by atoms with van der Waals surface area (Å²) in [7, 11) is 1.88. The third-order valence-corrected chi connectivity index (χ3v) is 8.53. The lowest BCUT2D eigenvalue weighted by molar-refractivity contribution is 0.0512. The lowest BCUT2D eigenvalue weighted by Crippen LogP contribution is -2.46. The molecule has 2 aliphatic heterocycles. The van der Waals surface area contributed by atoms with Crippen molar-refractivity contribution in [2.75, 3.05) is 25.0 Å². The minimum atomic E-state index is -0.406. The summed E-state index contributed by atoms with van der Waals surface area (Å²) < 4.78 is 2.37. The fourth-order valence-corrected chi connectivity index (χ4v) is 6.06. The molecular weight excluding hydrogens is 476 g/mol. The number of aliphatic hydroxyl groups is 1. The highest BCUT2D eigenvalue weighted by Crippen LogP contribution is 2.31. The molecule has 0 radical (unpaired) electrons. The Morgan fingerprint density at radius 1 is 1.03 bits per heavy atom. The average molecular weight is 517 g/mol. The van der Waals surface area contributed by atoms with E-state index in [1.165, 1.54) is 47.9 Å². The molecule has 202 valence electrons. The van der Waals surface area contributed by atoms with Gasteiger partial charge in [-0.2, -0.15) is 0 Å². The van der Waals surface area contributed by atoms with Crippen LogP contribution in [0.1, 0.15) is 60.8 Å². The predicted octanol–water partition coefficient (Wildman–Crippen LogP) is 3.38. The van der Waals surface area contributed by atoms with Crippen molar-refractivity contribution in [3.63, 3.8) is 0 Å². The molecule has 9 heteroatoms. The van der Waals surface area contributed by atoms with Gasteiger partial charge in [-0.1, -0.05) is 37.1 Å². The average Bonchev–Trinajstić information content (AvgIpc) is 3.67. The lowest BCUT2D eigenvalue weighted by atomic mass is 9.94. The van der Waals surface area contributed by atoms with Crippen LogP contribution >= 0.6 is 0 Å². The van der Waals surface area contributed by atoms with E-state index >= 15 is 0 Å². The number of nitrogens with one attached hydrogen (secondary N) is 3. The van der Waals surface area contributed by atoms with E-state index in [1.54, 1.807) is 5.12 Å². The van der Waals surface area contributed by atoms with Crippen LogP contribution in [0.2, 0.25) is 0 Å². The zero-order valence-electron chi connectivity index (χ0n) is 22.7. The van der Waals surface area contributed by atoms with E-state index in [9.17, 15) is 5.11 Å². The van der Waals surface area contributed by atoms with Crippen molar-refractivity contribution in [1.82, 2.24) is 30.9 Å². The van der Waals surface area contributed by atoms with Gasteiger partial charge in [0, 0.05) is 37.7 Å². The Labute approximate surface area is 224 Å². The predicted molar refractivity (Wildman–Crippen MR) is 152 cm³/mol. The van der Waals surface area contributed by atoms with Crippen LogP contribution in [0.25, 0.3) is 11.0 Å². The zero-order chi connectivity index (χ0) is 26.2. The smallest absolute Gasteiger partial charge is 0.206 e. The Morgan fingerprint density at radius 3 is 2.42 bits per heavy atom. The Bertz CT molecular complexity index is 1300. The Hall–Kier alpha value is -3.14. The van der Waals surface area contributed by atoms with Crippen molar-refractivity contribution < 1.29 is 5.11 Å². The number of rotatable bonds is 7. The minimum Gasteiger partial charge on any atom is -0.378 e. The number of aryl methyl sites for hydroxylation is 2. The van der Waals surface area contributed by atoms with E-state index in [0.29, 0.717) is 12.0 Å². The third kappa shape index (κ3) is 5.10. The molecule has 1 aliphatic carbocycles. The Morgan fingerprint density at radius 2 is 1.74 bits per heavy atom. The van der Waals surface area contributed by atoms with Crippen molar-refractivity contribution in [1.29, 1.82) is 0 Å². The first-order valence-corrected chi connectivity index (χ1v) is 14.0. The van der Waals surface area contributed by atoms with Gasteiger partial charge >= 0.3 is 0 Å². The maximum absolute atomic E-state index is 10.9. The number of hydrazine groups is 2. The molecule has 0 bridgehead atoms. The van der Waals surface area contributed by atoms with Crippen molar-refractivity contribution in [3.05, 3.63) is 58.7 Å². The van der Waals surface area contributed by atoms with Gasteiger partial charge in [0.25, 0.3) is 0 Å². The fourth-order valence-electron chi connectivity index (χ4n) is 6.06. The molecule has 0 spiro atoms. The molecule has 3 heterocycles. The van der Waals surface area contributed by atoms with Gasteiger partial charge < -0.3 is 14.6 Å². The molecule has 3 aliphatic rings. The molecule has 1 saturated carbocycles. The molecule has 3 aromatic rings. The molecule has 9 nitrogen and oxygen atoms in total. The number of aliphatic hydroxyl groups excluding tert-OH is 1. The second kappa shape index (κ2) is 10.6. The van der Waals surface area contributed by atoms with Crippen molar-refractivity contribution in [3.8, 4) is 0 Å². The van der Waals surface area contributed by atoms with E-state index in [4.69, 9.17) is 4.98 Å². The summed E-state index contributed by atoms with van der Waals surface area (Å²) in [6.45, 7) is 6.88. The molecule has 1 saturated heterocycles. The summed E-state index contributed by atoms with van der Waals surface area (Å²) in [5.74, 6) is 2.13. The first kappa shape index (κ1) is 25.2. The number of amidine groups is 1. The van der Waals surface area contributed by atoms with Gasteiger partial charge in [0.2, 0.25) is 5.95 Å².